The van der Waals surface area contributed by atoms with E-state index in [0.717, 1.165) is 23.6 Å². The lowest BCUT2D eigenvalue weighted by Crippen LogP contribution is -1.98. The summed E-state index contributed by atoms with van der Waals surface area (Å²) in [6.45, 7) is 0. The highest BCUT2D eigenvalue weighted by Gasteiger charge is 2.22. The Balaban J connectivity index is 1.97. The Labute approximate surface area is 174 Å². The number of benzene rings is 4. The molecule has 3 N–H and O–H groups in total. The summed E-state index contributed by atoms with van der Waals surface area (Å²) < 4.78 is 32.2. The molecule has 0 aliphatic heterocycles. The van der Waals surface area contributed by atoms with Gasteiger partial charge in [0.2, 0.25) is 0 Å². The molecule has 0 amide bonds. The summed E-state index contributed by atoms with van der Waals surface area (Å²) in [7, 11) is -4.62. The molecule has 156 valence electrons. The number of fused-ring (bicyclic) bond motifs is 2. The van der Waals surface area contributed by atoms with Crippen molar-refractivity contribution in [1.29, 1.82) is 0 Å². The van der Waals surface area contributed by atoms with E-state index in [1.165, 1.54) is 12.1 Å². The minimum Gasteiger partial charge on any atom is -0.506 e. The van der Waals surface area contributed by atoms with Crippen LogP contribution in [0.5, 0.6) is 11.5 Å². The van der Waals surface area contributed by atoms with E-state index in [4.69, 9.17) is 0 Å². The molecule has 0 radical (unpaired) electrons. The SMILES string of the molecule is O=[N+]([O-])c1cc(O)c(N=Nc2c(O)ccc3ccccc23)c2ccc(S(=O)(=O)O)cc12. The van der Waals surface area contributed by atoms with Crippen LogP contribution in [0.4, 0.5) is 17.1 Å². The van der Waals surface area contributed by atoms with Crippen molar-refractivity contribution in [2.24, 2.45) is 10.2 Å². The smallest absolute Gasteiger partial charge is 0.294 e. The molecule has 0 bridgehead atoms. The van der Waals surface area contributed by atoms with Crippen molar-refractivity contribution in [2.45, 2.75) is 4.90 Å². The van der Waals surface area contributed by atoms with Crippen LogP contribution in [0, 0.1) is 10.1 Å². The Morgan fingerprint density at radius 3 is 2.16 bits per heavy atom. The molecule has 10 nitrogen and oxygen atoms in total. The largest absolute Gasteiger partial charge is 0.506 e. The van der Waals surface area contributed by atoms with Gasteiger partial charge in [-0.05, 0) is 23.6 Å². The van der Waals surface area contributed by atoms with E-state index in [9.17, 15) is 33.3 Å². The van der Waals surface area contributed by atoms with Crippen LogP contribution in [-0.4, -0.2) is 28.1 Å². The molecule has 4 aromatic rings. The number of phenols is 2. The molecule has 4 aromatic carbocycles. The predicted molar refractivity (Wildman–Crippen MR) is 112 cm³/mol. The van der Waals surface area contributed by atoms with Gasteiger partial charge in [-0.3, -0.25) is 14.7 Å². The average molecular weight is 439 g/mol. The number of aromatic hydroxyl groups is 2. The summed E-state index contributed by atoms with van der Waals surface area (Å²) in [5, 5.41) is 41.2. The molecular weight excluding hydrogens is 426 g/mol. The molecule has 0 saturated carbocycles. The zero-order chi connectivity index (χ0) is 22.3. The molecule has 0 unspecified atom stereocenters. The number of phenolic OH excluding ortho intramolecular Hbond substituents is 2. The lowest BCUT2D eigenvalue weighted by molar-refractivity contribution is -0.383. The van der Waals surface area contributed by atoms with Gasteiger partial charge in [0.05, 0.1) is 21.3 Å². The van der Waals surface area contributed by atoms with Crippen molar-refractivity contribution in [2.75, 3.05) is 0 Å². The summed E-state index contributed by atoms with van der Waals surface area (Å²) in [5.41, 5.74) is -0.627. The number of hydrogen-bond acceptors (Lipinski definition) is 8. The van der Waals surface area contributed by atoms with Crippen LogP contribution in [0.15, 0.2) is 75.8 Å². The Bertz CT molecular complexity index is 1510. The van der Waals surface area contributed by atoms with Gasteiger partial charge in [-0.1, -0.05) is 36.4 Å². The Kier molecular flexibility index (Phi) is 4.76. The van der Waals surface area contributed by atoms with Gasteiger partial charge < -0.3 is 10.2 Å². The van der Waals surface area contributed by atoms with Crippen LogP contribution in [0.1, 0.15) is 0 Å². The van der Waals surface area contributed by atoms with Crippen molar-refractivity contribution in [3.05, 3.63) is 70.8 Å². The summed E-state index contributed by atoms with van der Waals surface area (Å²) in [5.74, 6) is -0.732. The summed E-state index contributed by atoms with van der Waals surface area (Å²) >= 11 is 0. The first-order valence-corrected chi connectivity index (χ1v) is 10.1. The van der Waals surface area contributed by atoms with Crippen molar-refractivity contribution in [1.82, 2.24) is 0 Å². The maximum Gasteiger partial charge on any atom is 0.294 e. The molecule has 0 aromatic heterocycles. The molecule has 0 spiro atoms. The number of nitro groups is 1. The first-order valence-electron chi connectivity index (χ1n) is 8.71. The van der Waals surface area contributed by atoms with Gasteiger partial charge in [0, 0.05) is 10.8 Å². The third-order valence-corrected chi connectivity index (χ3v) is 5.51. The second-order valence-corrected chi connectivity index (χ2v) is 7.98. The lowest BCUT2D eigenvalue weighted by atomic mass is 10.1. The molecule has 11 heteroatoms. The minimum absolute atomic E-state index is 0.0302. The van der Waals surface area contributed by atoms with Crippen molar-refractivity contribution in [3.8, 4) is 11.5 Å². The molecule has 31 heavy (non-hydrogen) atoms. The quantitative estimate of drug-likeness (QED) is 0.175. The van der Waals surface area contributed by atoms with Gasteiger partial charge in [0.25, 0.3) is 15.8 Å². The van der Waals surface area contributed by atoms with Crippen LogP contribution >= 0.6 is 0 Å². The highest BCUT2D eigenvalue weighted by molar-refractivity contribution is 7.85. The fourth-order valence-corrected chi connectivity index (χ4v) is 3.73. The molecule has 0 heterocycles. The molecule has 0 fully saturated rings. The molecule has 0 saturated heterocycles. The third-order valence-electron chi connectivity index (χ3n) is 4.66. The number of rotatable bonds is 4. The second kappa shape index (κ2) is 7.31. The Morgan fingerprint density at radius 1 is 0.806 bits per heavy atom. The van der Waals surface area contributed by atoms with Crippen LogP contribution in [0.25, 0.3) is 21.5 Å². The normalized spacial score (nSPS) is 12.0. The van der Waals surface area contributed by atoms with E-state index in [1.54, 1.807) is 18.2 Å². The zero-order valence-corrected chi connectivity index (χ0v) is 16.3. The fraction of sp³-hybridized carbons (Fsp3) is 0. The number of hydrogen-bond donors (Lipinski definition) is 3. The van der Waals surface area contributed by atoms with Crippen molar-refractivity contribution >= 4 is 48.7 Å². The summed E-state index contributed by atoms with van der Waals surface area (Å²) in [6, 6.07) is 14.1. The average Bonchev–Trinajstić information content (AvgIpc) is 2.72. The monoisotopic (exact) mass is 439 g/mol. The number of nitrogens with zero attached hydrogens (tertiary/aromatic N) is 3. The van der Waals surface area contributed by atoms with E-state index in [-0.39, 0.29) is 27.9 Å². The summed E-state index contributed by atoms with van der Waals surface area (Å²) in [4.78, 5) is 10.1. The van der Waals surface area contributed by atoms with E-state index < -0.39 is 31.4 Å². The number of azo groups is 1. The minimum atomic E-state index is -4.62. The predicted octanol–water partition coefficient (Wildman–Crippen LogP) is 4.97. The first-order chi connectivity index (χ1) is 14.7. The zero-order valence-electron chi connectivity index (χ0n) is 15.5. The molecular formula is C20H13N3O7S. The molecule has 4 rings (SSSR count). The fourth-order valence-electron chi connectivity index (χ4n) is 3.22. The highest BCUT2D eigenvalue weighted by atomic mass is 32.2. The molecule has 0 atom stereocenters. The summed E-state index contributed by atoms with van der Waals surface area (Å²) in [6.07, 6.45) is 0. The van der Waals surface area contributed by atoms with Crippen molar-refractivity contribution < 1.29 is 28.1 Å². The number of non-ortho nitro benzene ring substituents is 1. The van der Waals surface area contributed by atoms with E-state index >= 15 is 0 Å². The third kappa shape index (κ3) is 3.63. The second-order valence-electron chi connectivity index (χ2n) is 6.56. The lowest BCUT2D eigenvalue weighted by Gasteiger charge is -2.08. The van der Waals surface area contributed by atoms with Gasteiger partial charge >= 0.3 is 0 Å². The van der Waals surface area contributed by atoms with E-state index in [0.29, 0.717) is 5.39 Å². The standard InChI is InChI=1S/C20H13N3O7S/c24-17-8-5-11-3-1-2-4-13(11)19(17)21-22-20-14-7-6-12(31(28,29)30)9-15(14)16(23(26)27)10-18(20)25/h1-10,24-25H,(H,28,29,30). The Hall–Kier alpha value is -4.09. The van der Waals surface area contributed by atoms with Crippen LogP contribution < -0.4 is 0 Å². The number of nitro benzene ring substituents is 1. The molecule has 0 aliphatic carbocycles. The van der Waals surface area contributed by atoms with Gasteiger partial charge in [0.15, 0.2) is 5.75 Å². The van der Waals surface area contributed by atoms with Gasteiger partial charge in [-0.2, -0.15) is 8.42 Å². The van der Waals surface area contributed by atoms with Gasteiger partial charge in [0.1, 0.15) is 17.1 Å². The van der Waals surface area contributed by atoms with Crippen LogP contribution in [0.3, 0.4) is 0 Å². The van der Waals surface area contributed by atoms with Crippen LogP contribution in [-0.2, 0) is 10.1 Å². The van der Waals surface area contributed by atoms with Gasteiger partial charge in [-0.25, -0.2) is 0 Å². The molecule has 0 aliphatic rings. The topological polar surface area (TPSA) is 163 Å². The van der Waals surface area contributed by atoms with E-state index in [2.05, 4.69) is 10.2 Å². The first kappa shape index (κ1) is 20.2. The van der Waals surface area contributed by atoms with E-state index in [1.807, 2.05) is 12.1 Å². The van der Waals surface area contributed by atoms with Crippen LogP contribution in [0.2, 0.25) is 0 Å². The van der Waals surface area contributed by atoms with Gasteiger partial charge in [-0.15, -0.1) is 10.2 Å². The maximum atomic E-state index is 11.4. The maximum absolute atomic E-state index is 11.4. The van der Waals surface area contributed by atoms with Crippen molar-refractivity contribution in [3.63, 3.8) is 0 Å². The highest BCUT2D eigenvalue weighted by Crippen LogP contribution is 2.43. The Morgan fingerprint density at radius 2 is 1.48 bits per heavy atom.